The predicted molar refractivity (Wildman–Crippen MR) is 166 cm³/mol. The molecule has 0 fully saturated rings. The lowest BCUT2D eigenvalue weighted by atomic mass is 10.0. The van der Waals surface area contributed by atoms with Gasteiger partial charge in [-0.1, -0.05) is 72.8 Å². The molecule has 4 aromatic rings. The van der Waals surface area contributed by atoms with E-state index in [1.165, 1.54) is 18.2 Å². The van der Waals surface area contributed by atoms with Gasteiger partial charge in [0.25, 0.3) is 5.91 Å². The van der Waals surface area contributed by atoms with Crippen LogP contribution >= 0.6 is 0 Å². The number of amidine groups is 1. The van der Waals surface area contributed by atoms with Gasteiger partial charge in [-0.25, -0.2) is 13.6 Å². The monoisotopic (exact) mass is 613 g/mol. The fraction of sp³-hybridized carbons (Fsp3) is 0.125. The number of nitrogen functional groups attached to an aromatic ring is 1. The number of carbonyl (C=O) groups is 3. The molecule has 226 valence electrons. The van der Waals surface area contributed by atoms with Crippen LogP contribution in [0.4, 0.5) is 5.69 Å². The van der Waals surface area contributed by atoms with Gasteiger partial charge in [0.1, 0.15) is 18.5 Å². The molecule has 0 saturated carbocycles. The van der Waals surface area contributed by atoms with Gasteiger partial charge in [-0.15, -0.1) is 0 Å². The van der Waals surface area contributed by atoms with Crippen molar-refractivity contribution in [1.29, 1.82) is 5.41 Å². The van der Waals surface area contributed by atoms with E-state index in [0.29, 0.717) is 22.4 Å². The van der Waals surface area contributed by atoms with E-state index in [9.17, 15) is 22.8 Å². The Morgan fingerprint density at radius 1 is 0.841 bits per heavy atom. The predicted octanol–water partition coefficient (Wildman–Crippen LogP) is 3.55. The minimum atomic E-state index is -3.96. The van der Waals surface area contributed by atoms with Crippen LogP contribution in [0.15, 0.2) is 108 Å². The van der Waals surface area contributed by atoms with Gasteiger partial charge < -0.3 is 21.1 Å². The lowest BCUT2D eigenvalue weighted by Gasteiger charge is -2.19. The largest absolute Gasteiger partial charge is 0.461 e. The second-order valence-corrected chi connectivity index (χ2v) is 11.3. The van der Waals surface area contributed by atoms with Crippen LogP contribution in [-0.4, -0.2) is 38.1 Å². The van der Waals surface area contributed by atoms with Crippen molar-refractivity contribution in [3.8, 4) is 11.1 Å². The summed E-state index contributed by atoms with van der Waals surface area (Å²) in [6, 6.07) is 26.8. The van der Waals surface area contributed by atoms with Crippen molar-refractivity contribution in [3.05, 3.63) is 120 Å². The molecule has 0 unspecified atom stereocenters. The molecule has 0 aliphatic heterocycles. The minimum absolute atomic E-state index is 0.0347. The van der Waals surface area contributed by atoms with Crippen LogP contribution < -0.4 is 21.5 Å². The molecule has 2 amide bonds. The first-order chi connectivity index (χ1) is 21.0. The molecule has 0 bridgehead atoms. The summed E-state index contributed by atoms with van der Waals surface area (Å²) in [7, 11) is -3.96. The lowest BCUT2D eigenvalue weighted by molar-refractivity contribution is -0.145. The second-order valence-electron chi connectivity index (χ2n) is 9.81. The number of hydrogen-bond acceptors (Lipinski definition) is 7. The average molecular weight is 614 g/mol. The zero-order valence-electron chi connectivity index (χ0n) is 23.5. The fourth-order valence-electron chi connectivity index (χ4n) is 4.33. The summed E-state index contributed by atoms with van der Waals surface area (Å²) in [4.78, 5) is 38.9. The molecule has 0 radical (unpaired) electrons. The van der Waals surface area contributed by atoms with Crippen LogP contribution in [0.3, 0.4) is 0 Å². The Hall–Kier alpha value is -5.33. The summed E-state index contributed by atoms with van der Waals surface area (Å²) in [5, 5.41) is 18.4. The van der Waals surface area contributed by atoms with E-state index in [1.54, 1.807) is 54.6 Å². The molecule has 11 nitrogen and oxygen atoms in total. The van der Waals surface area contributed by atoms with Crippen molar-refractivity contribution in [3.63, 3.8) is 0 Å². The van der Waals surface area contributed by atoms with Gasteiger partial charge >= 0.3 is 5.97 Å². The SMILES string of the molecule is N=C(N)c1cccc(C(=O)N[C@@H](CCC(=O)OCc2ccccc2)C(=O)Nc2ccc(-c3ccccc3S(N)(=O)=O)cc2)c1. The highest BCUT2D eigenvalue weighted by Gasteiger charge is 2.24. The molecule has 0 aliphatic carbocycles. The van der Waals surface area contributed by atoms with Crippen molar-refractivity contribution < 1.29 is 27.5 Å². The normalized spacial score (nSPS) is 11.7. The summed E-state index contributed by atoms with van der Waals surface area (Å²) in [6.07, 6.45) is -0.209. The van der Waals surface area contributed by atoms with Crippen LogP contribution in [0, 0.1) is 5.41 Å². The Kier molecular flexibility index (Phi) is 10.2. The first-order valence-corrected chi connectivity index (χ1v) is 15.0. The number of benzene rings is 4. The third-order valence-electron chi connectivity index (χ3n) is 6.59. The van der Waals surface area contributed by atoms with Gasteiger partial charge in [-0.05, 0) is 47.9 Å². The molecule has 4 aromatic carbocycles. The Bertz CT molecular complexity index is 1780. The summed E-state index contributed by atoms with van der Waals surface area (Å²) in [5.41, 5.74) is 8.21. The standard InChI is InChI=1S/C32H31N5O6S/c33-30(34)23-9-6-10-24(19-23)31(39)37-27(17-18-29(38)43-20-21-7-2-1-3-8-21)32(40)36-25-15-13-22(14-16-25)26-11-4-5-12-28(26)44(35,41)42/h1-16,19,27H,17-18,20H2,(H3,33,34)(H,36,40)(H,37,39)(H2,35,41,42)/t27-/m0/s1. The molecule has 0 heterocycles. The van der Waals surface area contributed by atoms with Crippen LogP contribution in [0.5, 0.6) is 0 Å². The zero-order chi connectivity index (χ0) is 31.7. The molecule has 0 aromatic heterocycles. The highest BCUT2D eigenvalue weighted by molar-refractivity contribution is 7.89. The van der Waals surface area contributed by atoms with Crippen LogP contribution in [0.25, 0.3) is 11.1 Å². The van der Waals surface area contributed by atoms with Gasteiger partial charge in [0.2, 0.25) is 15.9 Å². The molecule has 4 rings (SSSR count). The summed E-state index contributed by atoms with van der Waals surface area (Å²) in [6.45, 7) is 0.0711. The molecule has 0 aliphatic rings. The van der Waals surface area contributed by atoms with Crippen molar-refractivity contribution in [2.24, 2.45) is 10.9 Å². The van der Waals surface area contributed by atoms with Gasteiger partial charge in [0.15, 0.2) is 0 Å². The number of nitrogens with two attached hydrogens (primary N) is 2. The number of nitrogens with one attached hydrogen (secondary N) is 3. The summed E-state index contributed by atoms with van der Waals surface area (Å²) < 4.78 is 29.4. The number of primary sulfonamides is 1. The number of ether oxygens (including phenoxy) is 1. The van der Waals surface area contributed by atoms with Crippen molar-refractivity contribution >= 4 is 39.3 Å². The van der Waals surface area contributed by atoms with Crippen LogP contribution in [-0.2, 0) is 31.0 Å². The molecule has 0 saturated heterocycles. The number of amides is 2. The second kappa shape index (κ2) is 14.2. The van der Waals surface area contributed by atoms with E-state index in [2.05, 4.69) is 10.6 Å². The molecular formula is C32H31N5O6S. The van der Waals surface area contributed by atoms with Crippen molar-refractivity contribution in [2.45, 2.75) is 30.4 Å². The highest BCUT2D eigenvalue weighted by atomic mass is 32.2. The summed E-state index contributed by atoms with van der Waals surface area (Å²) >= 11 is 0. The van der Waals surface area contributed by atoms with E-state index in [1.807, 2.05) is 30.3 Å². The van der Waals surface area contributed by atoms with Crippen molar-refractivity contribution in [2.75, 3.05) is 5.32 Å². The lowest BCUT2D eigenvalue weighted by Crippen LogP contribution is -2.44. The van der Waals surface area contributed by atoms with Gasteiger partial charge in [-0.3, -0.25) is 19.8 Å². The first-order valence-electron chi connectivity index (χ1n) is 13.5. The van der Waals surface area contributed by atoms with Gasteiger partial charge in [0.05, 0.1) is 4.90 Å². The Labute approximate surface area is 254 Å². The first kappa shape index (κ1) is 31.6. The number of hydrogen-bond donors (Lipinski definition) is 5. The molecule has 12 heteroatoms. The quantitative estimate of drug-likeness (QED) is 0.0915. The molecule has 0 spiro atoms. The number of carbonyl (C=O) groups excluding carboxylic acids is 3. The maximum atomic E-state index is 13.4. The maximum Gasteiger partial charge on any atom is 0.306 e. The zero-order valence-corrected chi connectivity index (χ0v) is 24.3. The van der Waals surface area contributed by atoms with Crippen LogP contribution in [0.2, 0.25) is 0 Å². The van der Waals surface area contributed by atoms with E-state index in [-0.39, 0.29) is 35.7 Å². The molecule has 7 N–H and O–H groups in total. The van der Waals surface area contributed by atoms with E-state index in [4.69, 9.17) is 21.0 Å². The summed E-state index contributed by atoms with van der Waals surface area (Å²) in [5.74, 6) is -1.95. The third kappa shape index (κ3) is 8.60. The molecular weight excluding hydrogens is 582 g/mol. The number of esters is 1. The Balaban J connectivity index is 1.49. The topological polar surface area (TPSA) is 195 Å². The minimum Gasteiger partial charge on any atom is -0.461 e. The smallest absolute Gasteiger partial charge is 0.306 e. The fourth-order valence-corrected chi connectivity index (χ4v) is 5.09. The number of sulfonamides is 1. The number of rotatable bonds is 12. The Morgan fingerprint density at radius 3 is 2.18 bits per heavy atom. The van der Waals surface area contributed by atoms with Gasteiger partial charge in [0, 0.05) is 28.8 Å². The van der Waals surface area contributed by atoms with E-state index < -0.39 is 33.8 Å². The third-order valence-corrected chi connectivity index (χ3v) is 7.56. The average Bonchev–Trinajstić information content (AvgIpc) is 3.02. The van der Waals surface area contributed by atoms with Gasteiger partial charge in [-0.2, -0.15) is 0 Å². The van der Waals surface area contributed by atoms with E-state index in [0.717, 1.165) is 5.56 Å². The van der Waals surface area contributed by atoms with Crippen molar-refractivity contribution in [1.82, 2.24) is 5.32 Å². The van der Waals surface area contributed by atoms with E-state index >= 15 is 0 Å². The molecule has 1 atom stereocenters. The maximum absolute atomic E-state index is 13.4. The van der Waals surface area contributed by atoms with Crippen LogP contribution in [0.1, 0.15) is 34.3 Å². The molecule has 44 heavy (non-hydrogen) atoms. The number of anilines is 1. The Morgan fingerprint density at radius 2 is 1.50 bits per heavy atom. The highest BCUT2D eigenvalue weighted by Crippen LogP contribution is 2.27.